The fraction of sp³-hybridized carbons (Fsp3) is 0.571. The van der Waals surface area contributed by atoms with Crippen LogP contribution in [0.25, 0.3) is 0 Å². The van der Waals surface area contributed by atoms with Crippen LogP contribution in [0.5, 0.6) is 0 Å². The maximum Gasteiger partial charge on any atom is 0.0823 e. The zero-order valence-corrected chi connectivity index (χ0v) is 12.4. The summed E-state index contributed by atoms with van der Waals surface area (Å²) in [6.45, 7) is 3.00. The lowest BCUT2D eigenvalue weighted by atomic mass is 9.85. The Hall–Kier alpha value is -0.420. The number of nitrogens with two attached hydrogens (primary N) is 1. The molecular formula is C14H21BrN2O. The van der Waals surface area contributed by atoms with Crippen LogP contribution < -0.4 is 11.3 Å². The first-order valence-corrected chi connectivity index (χ1v) is 7.28. The fourth-order valence-corrected chi connectivity index (χ4v) is 3.01. The first-order valence-electron chi connectivity index (χ1n) is 6.49. The third-order valence-corrected chi connectivity index (χ3v) is 4.59. The number of halogens is 1. The molecule has 2 unspecified atom stereocenters. The van der Waals surface area contributed by atoms with Crippen LogP contribution in [0.4, 0.5) is 0 Å². The largest absolute Gasteiger partial charge is 0.374 e. The van der Waals surface area contributed by atoms with Gasteiger partial charge >= 0.3 is 0 Å². The molecule has 2 atom stereocenters. The molecule has 3 nitrogen and oxygen atoms in total. The zero-order valence-electron chi connectivity index (χ0n) is 10.8. The van der Waals surface area contributed by atoms with Crippen LogP contribution in [0.3, 0.4) is 0 Å². The van der Waals surface area contributed by atoms with Gasteiger partial charge in [-0.15, -0.1) is 0 Å². The van der Waals surface area contributed by atoms with E-state index in [1.165, 1.54) is 12.0 Å². The monoisotopic (exact) mass is 312 g/mol. The second-order valence-corrected chi connectivity index (χ2v) is 5.99. The SMILES string of the molecule is CC1(C(Cc2ccccc2Br)NN)CCCCO1. The molecule has 1 aliphatic rings. The van der Waals surface area contributed by atoms with Gasteiger partial charge in [0.05, 0.1) is 11.6 Å². The Morgan fingerprint density at radius 3 is 2.83 bits per heavy atom. The smallest absolute Gasteiger partial charge is 0.0823 e. The van der Waals surface area contributed by atoms with Crippen LogP contribution >= 0.6 is 15.9 Å². The van der Waals surface area contributed by atoms with Crippen molar-refractivity contribution in [3.63, 3.8) is 0 Å². The molecular weight excluding hydrogens is 292 g/mol. The average Bonchev–Trinajstić information content (AvgIpc) is 2.38. The van der Waals surface area contributed by atoms with Gasteiger partial charge in [0.2, 0.25) is 0 Å². The molecule has 100 valence electrons. The van der Waals surface area contributed by atoms with Crippen molar-refractivity contribution in [3.05, 3.63) is 34.3 Å². The summed E-state index contributed by atoms with van der Waals surface area (Å²) in [5.41, 5.74) is 4.04. The Morgan fingerprint density at radius 2 is 2.22 bits per heavy atom. The van der Waals surface area contributed by atoms with Gasteiger partial charge in [0.15, 0.2) is 0 Å². The molecule has 4 heteroatoms. The first-order chi connectivity index (χ1) is 8.65. The highest BCUT2D eigenvalue weighted by molar-refractivity contribution is 9.10. The first kappa shape index (κ1) is 14.0. The summed E-state index contributed by atoms with van der Waals surface area (Å²) in [6, 6.07) is 8.40. The topological polar surface area (TPSA) is 47.3 Å². The van der Waals surface area contributed by atoms with E-state index >= 15 is 0 Å². The van der Waals surface area contributed by atoms with Crippen LogP contribution in [0.2, 0.25) is 0 Å². The Bertz CT molecular complexity index is 391. The van der Waals surface area contributed by atoms with Crippen molar-refractivity contribution in [3.8, 4) is 0 Å². The minimum atomic E-state index is -0.164. The Labute approximate surface area is 117 Å². The van der Waals surface area contributed by atoms with Gasteiger partial charge in [-0.05, 0) is 44.2 Å². The molecule has 1 heterocycles. The van der Waals surface area contributed by atoms with E-state index in [0.717, 1.165) is 30.3 Å². The predicted octanol–water partition coefficient (Wildman–Crippen LogP) is 2.78. The van der Waals surface area contributed by atoms with Crippen LogP contribution in [0, 0.1) is 0 Å². The summed E-state index contributed by atoms with van der Waals surface area (Å²) in [7, 11) is 0. The van der Waals surface area contributed by atoms with E-state index in [0.29, 0.717) is 0 Å². The van der Waals surface area contributed by atoms with Crippen LogP contribution in [-0.4, -0.2) is 18.2 Å². The quantitative estimate of drug-likeness (QED) is 0.664. The van der Waals surface area contributed by atoms with Gasteiger partial charge in [-0.25, -0.2) is 0 Å². The Kier molecular flexibility index (Phi) is 4.78. The second-order valence-electron chi connectivity index (χ2n) is 5.13. The lowest BCUT2D eigenvalue weighted by Crippen LogP contribution is -2.55. The summed E-state index contributed by atoms with van der Waals surface area (Å²) >= 11 is 3.59. The molecule has 0 aromatic heterocycles. The predicted molar refractivity (Wildman–Crippen MR) is 77.2 cm³/mol. The Morgan fingerprint density at radius 1 is 1.44 bits per heavy atom. The van der Waals surface area contributed by atoms with Crippen molar-refractivity contribution >= 4 is 15.9 Å². The minimum absolute atomic E-state index is 0.136. The highest BCUT2D eigenvalue weighted by Gasteiger charge is 2.36. The molecule has 0 bridgehead atoms. The minimum Gasteiger partial charge on any atom is -0.374 e. The number of hydrogen-bond acceptors (Lipinski definition) is 3. The van der Waals surface area contributed by atoms with Gasteiger partial charge in [0, 0.05) is 11.1 Å². The molecule has 1 aromatic carbocycles. The molecule has 2 rings (SSSR count). The van der Waals surface area contributed by atoms with Crippen molar-refractivity contribution in [1.29, 1.82) is 0 Å². The van der Waals surface area contributed by atoms with Gasteiger partial charge in [0.25, 0.3) is 0 Å². The van der Waals surface area contributed by atoms with E-state index in [1.807, 2.05) is 6.07 Å². The standard InChI is InChI=1S/C14H21BrN2O/c1-14(8-4-5-9-18-14)13(17-16)10-11-6-2-3-7-12(11)15/h2-3,6-7,13,17H,4-5,8-10,16H2,1H3. The lowest BCUT2D eigenvalue weighted by Gasteiger charge is -2.40. The van der Waals surface area contributed by atoms with Crippen molar-refractivity contribution in [1.82, 2.24) is 5.43 Å². The van der Waals surface area contributed by atoms with Crippen molar-refractivity contribution in [2.75, 3.05) is 6.61 Å². The average molecular weight is 313 g/mol. The highest BCUT2D eigenvalue weighted by atomic mass is 79.9. The third-order valence-electron chi connectivity index (χ3n) is 3.82. The van der Waals surface area contributed by atoms with Crippen molar-refractivity contribution in [2.24, 2.45) is 5.84 Å². The summed E-state index contributed by atoms with van der Waals surface area (Å²) < 4.78 is 7.10. The van der Waals surface area contributed by atoms with Crippen LogP contribution in [0.1, 0.15) is 31.7 Å². The molecule has 0 aliphatic carbocycles. The lowest BCUT2D eigenvalue weighted by molar-refractivity contribution is -0.0884. The molecule has 0 radical (unpaired) electrons. The number of hydrazine groups is 1. The Balaban J connectivity index is 2.11. The van der Waals surface area contributed by atoms with Gasteiger partial charge in [-0.3, -0.25) is 11.3 Å². The molecule has 0 amide bonds. The van der Waals surface area contributed by atoms with E-state index in [1.54, 1.807) is 0 Å². The number of nitrogens with one attached hydrogen (secondary N) is 1. The number of rotatable bonds is 4. The molecule has 3 N–H and O–H groups in total. The maximum absolute atomic E-state index is 5.97. The summed E-state index contributed by atoms with van der Waals surface area (Å²) in [4.78, 5) is 0. The highest BCUT2D eigenvalue weighted by Crippen LogP contribution is 2.30. The summed E-state index contributed by atoms with van der Waals surface area (Å²) in [6.07, 6.45) is 4.30. The molecule has 1 aromatic rings. The fourth-order valence-electron chi connectivity index (χ4n) is 2.57. The molecule has 18 heavy (non-hydrogen) atoms. The van der Waals surface area contributed by atoms with Gasteiger partial charge in [-0.1, -0.05) is 34.1 Å². The van der Waals surface area contributed by atoms with Crippen molar-refractivity contribution in [2.45, 2.75) is 44.2 Å². The van der Waals surface area contributed by atoms with E-state index in [4.69, 9.17) is 10.6 Å². The van der Waals surface area contributed by atoms with Crippen LogP contribution in [0.15, 0.2) is 28.7 Å². The number of hydrogen-bond donors (Lipinski definition) is 2. The number of benzene rings is 1. The van der Waals surface area contributed by atoms with E-state index < -0.39 is 0 Å². The summed E-state index contributed by atoms with van der Waals surface area (Å²) in [5, 5.41) is 0. The zero-order chi connectivity index (χ0) is 13.0. The molecule has 0 saturated carbocycles. The van der Waals surface area contributed by atoms with Gasteiger partial charge in [0.1, 0.15) is 0 Å². The van der Waals surface area contributed by atoms with Gasteiger partial charge in [-0.2, -0.15) is 0 Å². The third kappa shape index (κ3) is 3.12. The van der Waals surface area contributed by atoms with E-state index in [-0.39, 0.29) is 11.6 Å². The van der Waals surface area contributed by atoms with Crippen molar-refractivity contribution < 1.29 is 4.74 Å². The molecule has 1 saturated heterocycles. The second kappa shape index (κ2) is 6.15. The van der Waals surface area contributed by atoms with Gasteiger partial charge < -0.3 is 4.74 Å². The normalized spacial score (nSPS) is 25.9. The summed E-state index contributed by atoms with van der Waals surface area (Å²) in [5.74, 6) is 5.74. The number of ether oxygens (including phenoxy) is 1. The molecule has 0 spiro atoms. The van der Waals surface area contributed by atoms with E-state index in [9.17, 15) is 0 Å². The molecule has 1 fully saturated rings. The van der Waals surface area contributed by atoms with E-state index in [2.05, 4.69) is 46.5 Å². The van der Waals surface area contributed by atoms with Crippen LogP contribution in [-0.2, 0) is 11.2 Å². The molecule has 1 aliphatic heterocycles. The maximum atomic E-state index is 5.97.